The first-order chi connectivity index (χ1) is 12.3. The molecule has 0 fully saturated rings. The fourth-order valence-electron chi connectivity index (χ4n) is 2.14. The van der Waals surface area contributed by atoms with Crippen molar-refractivity contribution in [2.45, 2.75) is 33.0 Å². The number of hydrogen-bond donors (Lipinski definition) is 1. The molecule has 8 nitrogen and oxygen atoms in total. The van der Waals surface area contributed by atoms with Crippen LogP contribution in [0.1, 0.15) is 35.2 Å². The van der Waals surface area contributed by atoms with Gasteiger partial charge in [0.15, 0.2) is 23.3 Å². The zero-order valence-electron chi connectivity index (χ0n) is 13.8. The monoisotopic (exact) mass is 358 g/mol. The number of aryl methyl sites for hydroxylation is 1. The predicted octanol–water partition coefficient (Wildman–Crippen LogP) is 2.51. The van der Waals surface area contributed by atoms with Gasteiger partial charge in [0.05, 0.1) is 0 Å². The summed E-state index contributed by atoms with van der Waals surface area (Å²) in [6.45, 7) is 3.38. The van der Waals surface area contributed by atoms with E-state index >= 15 is 0 Å². The van der Waals surface area contributed by atoms with Crippen molar-refractivity contribution in [2.75, 3.05) is 5.32 Å². The van der Waals surface area contributed by atoms with Crippen LogP contribution in [0.25, 0.3) is 0 Å². The predicted molar refractivity (Wildman–Crippen MR) is 93.1 cm³/mol. The molecule has 3 aromatic rings. The molecule has 1 aromatic carbocycles. The third-order valence-corrected chi connectivity index (χ3v) is 4.17. The van der Waals surface area contributed by atoms with Crippen molar-refractivity contribution in [2.24, 2.45) is 0 Å². The van der Waals surface area contributed by atoms with Gasteiger partial charge in [0, 0.05) is 18.5 Å². The highest BCUT2D eigenvalue weighted by Gasteiger charge is 2.14. The van der Waals surface area contributed by atoms with E-state index in [1.165, 1.54) is 11.3 Å². The van der Waals surface area contributed by atoms with Crippen LogP contribution in [0.5, 0.6) is 0 Å². The first-order valence-electron chi connectivity index (χ1n) is 7.91. The number of carbonyl (C=O) groups is 1. The minimum atomic E-state index is -0.491. The molecule has 0 unspecified atom stereocenters. The van der Waals surface area contributed by atoms with Crippen LogP contribution < -0.4 is 5.32 Å². The summed E-state index contributed by atoms with van der Waals surface area (Å²) in [5.74, 6) is 0.0305. The lowest BCUT2D eigenvalue weighted by Gasteiger charge is -2.04. The van der Waals surface area contributed by atoms with E-state index < -0.39 is 5.97 Å². The number of anilines is 1. The van der Waals surface area contributed by atoms with E-state index in [1.54, 1.807) is 10.1 Å². The fourth-order valence-corrected chi connectivity index (χ4v) is 2.82. The third kappa shape index (κ3) is 4.60. The van der Waals surface area contributed by atoms with Crippen molar-refractivity contribution >= 4 is 22.4 Å². The van der Waals surface area contributed by atoms with Gasteiger partial charge in [-0.3, -0.25) is 0 Å². The Balaban J connectivity index is 1.52. The van der Waals surface area contributed by atoms with Crippen LogP contribution in [-0.4, -0.2) is 31.2 Å². The summed E-state index contributed by atoms with van der Waals surface area (Å²) < 4.78 is 6.88. The van der Waals surface area contributed by atoms with Crippen molar-refractivity contribution in [3.8, 4) is 0 Å². The maximum Gasteiger partial charge on any atom is 0.358 e. The molecule has 9 heteroatoms. The minimum absolute atomic E-state index is 0.0239. The SMILES string of the molecule is CCCn1nnnc1COC(=O)c1csc(NCc2ccccc2)n1. The maximum absolute atomic E-state index is 12.1. The zero-order chi connectivity index (χ0) is 17.5. The first kappa shape index (κ1) is 17.0. The second-order valence-corrected chi connectivity index (χ2v) is 6.13. The topological polar surface area (TPSA) is 94.8 Å². The minimum Gasteiger partial charge on any atom is -0.453 e. The standard InChI is InChI=1S/C16H18N6O2S/c1-2-8-22-14(19-20-21-22)10-24-15(23)13-11-25-16(18-13)17-9-12-6-4-3-5-7-12/h3-7,11H,2,8-10H2,1H3,(H,17,18). The van der Waals surface area contributed by atoms with Crippen molar-refractivity contribution < 1.29 is 9.53 Å². The van der Waals surface area contributed by atoms with E-state index in [2.05, 4.69) is 25.8 Å². The van der Waals surface area contributed by atoms with E-state index in [9.17, 15) is 4.79 Å². The highest BCUT2D eigenvalue weighted by molar-refractivity contribution is 7.13. The molecule has 0 aliphatic rings. The highest BCUT2D eigenvalue weighted by atomic mass is 32.1. The number of nitrogens with one attached hydrogen (secondary N) is 1. The third-order valence-electron chi connectivity index (χ3n) is 3.37. The smallest absolute Gasteiger partial charge is 0.358 e. The Bertz CT molecular complexity index is 817. The lowest BCUT2D eigenvalue weighted by Crippen LogP contribution is -2.11. The van der Waals surface area contributed by atoms with Crippen LogP contribution in [0, 0.1) is 0 Å². The van der Waals surface area contributed by atoms with Crippen LogP contribution in [0.4, 0.5) is 5.13 Å². The summed E-state index contributed by atoms with van der Waals surface area (Å²) in [5.41, 5.74) is 1.42. The molecule has 0 amide bonds. The molecule has 0 saturated heterocycles. The van der Waals surface area contributed by atoms with Gasteiger partial charge in [0.2, 0.25) is 0 Å². The number of benzene rings is 1. The number of hydrogen-bond acceptors (Lipinski definition) is 8. The molecule has 2 heterocycles. The number of esters is 1. The maximum atomic E-state index is 12.1. The van der Waals surface area contributed by atoms with Gasteiger partial charge in [-0.1, -0.05) is 37.3 Å². The Kier molecular flexibility index (Phi) is 5.68. The Morgan fingerprint density at radius 1 is 1.32 bits per heavy atom. The average Bonchev–Trinajstić information content (AvgIpc) is 3.29. The second-order valence-electron chi connectivity index (χ2n) is 5.27. The van der Waals surface area contributed by atoms with Crippen molar-refractivity contribution in [3.63, 3.8) is 0 Å². The summed E-state index contributed by atoms with van der Waals surface area (Å²) in [7, 11) is 0. The number of ether oxygens (including phenoxy) is 1. The lowest BCUT2D eigenvalue weighted by molar-refractivity contribution is 0.0450. The highest BCUT2D eigenvalue weighted by Crippen LogP contribution is 2.17. The molecule has 0 saturated carbocycles. The molecular weight excluding hydrogens is 340 g/mol. The van der Waals surface area contributed by atoms with E-state index in [4.69, 9.17) is 4.74 Å². The Hall–Kier alpha value is -2.81. The number of thiazole rings is 1. The van der Waals surface area contributed by atoms with Crippen LogP contribution >= 0.6 is 11.3 Å². The number of tetrazole rings is 1. The quantitative estimate of drug-likeness (QED) is 0.618. The van der Waals surface area contributed by atoms with Gasteiger partial charge in [-0.15, -0.1) is 16.4 Å². The molecule has 2 aromatic heterocycles. The van der Waals surface area contributed by atoms with E-state index in [0.29, 0.717) is 24.0 Å². The van der Waals surface area contributed by atoms with E-state index in [0.717, 1.165) is 12.0 Å². The number of aromatic nitrogens is 5. The molecule has 0 spiro atoms. The summed E-state index contributed by atoms with van der Waals surface area (Å²) in [4.78, 5) is 16.4. The molecule has 0 bridgehead atoms. The molecule has 25 heavy (non-hydrogen) atoms. The normalized spacial score (nSPS) is 10.6. The molecule has 0 aliphatic carbocycles. The van der Waals surface area contributed by atoms with Gasteiger partial charge in [0.25, 0.3) is 0 Å². The summed E-state index contributed by atoms with van der Waals surface area (Å²) in [6, 6.07) is 9.98. The van der Waals surface area contributed by atoms with E-state index in [1.807, 2.05) is 37.3 Å². The largest absolute Gasteiger partial charge is 0.453 e. The van der Waals surface area contributed by atoms with Gasteiger partial charge in [0.1, 0.15) is 0 Å². The summed E-state index contributed by atoms with van der Waals surface area (Å²) >= 11 is 1.36. The average molecular weight is 358 g/mol. The van der Waals surface area contributed by atoms with Gasteiger partial charge in [-0.25, -0.2) is 14.5 Å². The summed E-state index contributed by atoms with van der Waals surface area (Å²) in [6.07, 6.45) is 0.897. The number of rotatable bonds is 8. The fraction of sp³-hybridized carbons (Fsp3) is 0.312. The molecule has 0 radical (unpaired) electrons. The molecular formula is C16H18N6O2S. The summed E-state index contributed by atoms with van der Waals surface area (Å²) in [5, 5.41) is 16.9. The van der Waals surface area contributed by atoms with Crippen LogP contribution in [-0.2, 0) is 24.4 Å². The molecule has 1 N–H and O–H groups in total. The Morgan fingerprint density at radius 3 is 2.96 bits per heavy atom. The molecule has 130 valence electrons. The molecule has 3 rings (SSSR count). The van der Waals surface area contributed by atoms with Gasteiger partial charge in [-0.05, 0) is 22.4 Å². The number of nitrogens with zero attached hydrogens (tertiary/aromatic N) is 5. The lowest BCUT2D eigenvalue weighted by atomic mass is 10.2. The molecule has 0 atom stereocenters. The van der Waals surface area contributed by atoms with Gasteiger partial charge >= 0.3 is 5.97 Å². The van der Waals surface area contributed by atoms with Crippen molar-refractivity contribution in [1.29, 1.82) is 0 Å². The Labute approximate surface area is 148 Å². The van der Waals surface area contributed by atoms with Crippen molar-refractivity contribution in [1.82, 2.24) is 25.2 Å². The van der Waals surface area contributed by atoms with Crippen LogP contribution in [0.2, 0.25) is 0 Å². The van der Waals surface area contributed by atoms with Gasteiger partial charge < -0.3 is 10.1 Å². The second kappa shape index (κ2) is 8.34. The van der Waals surface area contributed by atoms with Gasteiger partial charge in [-0.2, -0.15) is 0 Å². The molecule has 0 aliphatic heterocycles. The van der Waals surface area contributed by atoms with E-state index in [-0.39, 0.29) is 12.3 Å². The number of carbonyl (C=O) groups excluding carboxylic acids is 1. The Morgan fingerprint density at radius 2 is 2.16 bits per heavy atom. The van der Waals surface area contributed by atoms with Crippen molar-refractivity contribution in [3.05, 3.63) is 52.8 Å². The zero-order valence-corrected chi connectivity index (χ0v) is 14.6. The van der Waals surface area contributed by atoms with Crippen LogP contribution in [0.3, 0.4) is 0 Å². The first-order valence-corrected chi connectivity index (χ1v) is 8.79. The van der Waals surface area contributed by atoms with Crippen LogP contribution in [0.15, 0.2) is 35.7 Å².